The Labute approximate surface area is 141 Å². The van der Waals surface area contributed by atoms with Gasteiger partial charge in [-0.25, -0.2) is 4.98 Å². The molecule has 2 aliphatic rings. The van der Waals surface area contributed by atoms with Gasteiger partial charge in [0.25, 0.3) is 0 Å². The highest BCUT2D eigenvalue weighted by molar-refractivity contribution is 5.95. The molecule has 2 aromatic rings. The van der Waals surface area contributed by atoms with Gasteiger partial charge < -0.3 is 19.1 Å². The smallest absolute Gasteiger partial charge is 0.223 e. The first-order chi connectivity index (χ1) is 11.7. The highest BCUT2D eigenvalue weighted by Crippen LogP contribution is 2.33. The zero-order valence-corrected chi connectivity index (χ0v) is 13.9. The summed E-state index contributed by atoms with van der Waals surface area (Å²) >= 11 is 0. The molecule has 6 heteroatoms. The van der Waals surface area contributed by atoms with Crippen LogP contribution in [0.5, 0.6) is 0 Å². The number of imidazole rings is 1. The average molecular weight is 326 g/mol. The van der Waals surface area contributed by atoms with Gasteiger partial charge in [-0.3, -0.25) is 4.79 Å². The number of ether oxygens (including phenoxy) is 1. The zero-order chi connectivity index (χ0) is 16.5. The molecular weight excluding hydrogens is 304 g/mol. The molecule has 2 aliphatic heterocycles. The highest BCUT2D eigenvalue weighted by Gasteiger charge is 2.24. The molecule has 0 fully saturated rings. The number of carbonyl (C=O) groups is 1. The van der Waals surface area contributed by atoms with E-state index in [1.807, 2.05) is 29.3 Å². The van der Waals surface area contributed by atoms with Gasteiger partial charge in [-0.05, 0) is 18.6 Å². The van der Waals surface area contributed by atoms with E-state index in [1.54, 1.807) is 6.92 Å². The second-order valence-electron chi connectivity index (χ2n) is 6.30. The Morgan fingerprint density at radius 2 is 2.04 bits per heavy atom. The van der Waals surface area contributed by atoms with E-state index in [0.717, 1.165) is 56.4 Å². The summed E-state index contributed by atoms with van der Waals surface area (Å²) in [4.78, 5) is 20.7. The number of carbonyl (C=O) groups excluding carboxylic acids is 1. The maximum absolute atomic E-state index is 12.0. The van der Waals surface area contributed by atoms with Crippen molar-refractivity contribution in [2.24, 2.45) is 0 Å². The number of hydrogen-bond donors (Lipinski definition) is 0. The summed E-state index contributed by atoms with van der Waals surface area (Å²) in [5, 5.41) is 0. The van der Waals surface area contributed by atoms with Crippen LogP contribution in [0.3, 0.4) is 0 Å². The van der Waals surface area contributed by atoms with Crippen LogP contribution in [-0.2, 0) is 29.2 Å². The summed E-state index contributed by atoms with van der Waals surface area (Å²) in [7, 11) is 0. The van der Waals surface area contributed by atoms with Gasteiger partial charge in [0.1, 0.15) is 12.4 Å². The van der Waals surface area contributed by atoms with Crippen LogP contribution in [0.4, 0.5) is 11.4 Å². The van der Waals surface area contributed by atoms with Crippen LogP contribution in [0, 0.1) is 0 Å². The quantitative estimate of drug-likeness (QED) is 0.849. The number of rotatable bonds is 2. The summed E-state index contributed by atoms with van der Waals surface area (Å²) in [5.41, 5.74) is 3.33. The van der Waals surface area contributed by atoms with Crippen LogP contribution in [-0.4, -0.2) is 35.2 Å². The first-order valence-electron chi connectivity index (χ1n) is 8.47. The number of amides is 1. The third-order valence-electron chi connectivity index (χ3n) is 4.77. The summed E-state index contributed by atoms with van der Waals surface area (Å²) < 4.78 is 7.74. The molecule has 1 aromatic carbocycles. The van der Waals surface area contributed by atoms with Gasteiger partial charge in [0.2, 0.25) is 5.91 Å². The van der Waals surface area contributed by atoms with E-state index in [4.69, 9.17) is 4.74 Å². The molecule has 3 heterocycles. The third-order valence-corrected chi connectivity index (χ3v) is 4.77. The topological polar surface area (TPSA) is 50.6 Å². The Hall–Kier alpha value is -2.34. The molecule has 0 unspecified atom stereocenters. The lowest BCUT2D eigenvalue weighted by Gasteiger charge is -2.27. The molecule has 0 saturated heterocycles. The fraction of sp³-hybridized carbons (Fsp3) is 0.444. The maximum Gasteiger partial charge on any atom is 0.223 e. The average Bonchev–Trinajstić information content (AvgIpc) is 2.90. The molecule has 0 radical (unpaired) electrons. The second-order valence-corrected chi connectivity index (χ2v) is 6.30. The van der Waals surface area contributed by atoms with E-state index >= 15 is 0 Å². The van der Waals surface area contributed by atoms with Crippen molar-refractivity contribution >= 4 is 17.3 Å². The van der Waals surface area contributed by atoms with Gasteiger partial charge in [0.15, 0.2) is 0 Å². The maximum atomic E-state index is 12.0. The lowest BCUT2D eigenvalue weighted by molar-refractivity contribution is -0.116. The van der Waals surface area contributed by atoms with Crippen molar-refractivity contribution in [2.45, 2.75) is 33.0 Å². The van der Waals surface area contributed by atoms with Gasteiger partial charge in [0, 0.05) is 26.6 Å². The largest absolute Gasteiger partial charge is 0.372 e. The molecule has 24 heavy (non-hydrogen) atoms. The molecule has 126 valence electrons. The molecule has 4 rings (SSSR count). The van der Waals surface area contributed by atoms with Crippen molar-refractivity contribution in [3.8, 4) is 0 Å². The number of para-hydroxylation sites is 2. The second kappa shape index (κ2) is 6.28. The van der Waals surface area contributed by atoms with Crippen LogP contribution in [0.15, 0.2) is 30.5 Å². The summed E-state index contributed by atoms with van der Waals surface area (Å²) in [6.07, 6.45) is 2.92. The predicted molar refractivity (Wildman–Crippen MR) is 92.0 cm³/mol. The Balaban J connectivity index is 1.66. The minimum atomic E-state index is 0.100. The highest BCUT2D eigenvalue weighted by atomic mass is 16.5. The molecule has 0 bridgehead atoms. The Morgan fingerprint density at radius 3 is 2.88 bits per heavy atom. The minimum absolute atomic E-state index is 0.100. The van der Waals surface area contributed by atoms with Crippen molar-refractivity contribution in [1.29, 1.82) is 0 Å². The number of nitrogens with zero attached hydrogens (tertiary/aromatic N) is 4. The Morgan fingerprint density at radius 1 is 1.21 bits per heavy atom. The van der Waals surface area contributed by atoms with Crippen molar-refractivity contribution in [1.82, 2.24) is 9.55 Å². The summed E-state index contributed by atoms with van der Waals surface area (Å²) in [5.74, 6) is 1.10. The van der Waals surface area contributed by atoms with E-state index in [0.29, 0.717) is 6.61 Å². The number of fused-ring (bicyclic) bond motifs is 2. The zero-order valence-electron chi connectivity index (χ0n) is 13.9. The molecule has 1 amide bonds. The number of hydrogen-bond acceptors (Lipinski definition) is 4. The number of aromatic nitrogens is 2. The fourth-order valence-corrected chi connectivity index (χ4v) is 3.59. The van der Waals surface area contributed by atoms with Gasteiger partial charge in [-0.1, -0.05) is 12.1 Å². The van der Waals surface area contributed by atoms with Crippen LogP contribution in [0.1, 0.15) is 24.9 Å². The van der Waals surface area contributed by atoms with E-state index in [-0.39, 0.29) is 5.91 Å². The molecule has 6 nitrogen and oxygen atoms in total. The minimum Gasteiger partial charge on any atom is -0.372 e. The van der Waals surface area contributed by atoms with E-state index in [9.17, 15) is 4.79 Å². The van der Waals surface area contributed by atoms with Crippen molar-refractivity contribution in [3.05, 3.63) is 42.0 Å². The van der Waals surface area contributed by atoms with Crippen LogP contribution in [0.25, 0.3) is 0 Å². The lowest BCUT2D eigenvalue weighted by atomic mass is 10.2. The molecule has 0 aliphatic carbocycles. The molecule has 1 aromatic heterocycles. The van der Waals surface area contributed by atoms with Crippen molar-refractivity contribution in [2.75, 3.05) is 29.5 Å². The fourth-order valence-electron chi connectivity index (χ4n) is 3.59. The van der Waals surface area contributed by atoms with Crippen LogP contribution >= 0.6 is 0 Å². The van der Waals surface area contributed by atoms with Crippen LogP contribution < -0.4 is 9.80 Å². The molecular formula is C18H22N4O2. The van der Waals surface area contributed by atoms with Gasteiger partial charge >= 0.3 is 0 Å². The van der Waals surface area contributed by atoms with Gasteiger partial charge in [-0.2, -0.15) is 0 Å². The van der Waals surface area contributed by atoms with Crippen molar-refractivity contribution in [3.63, 3.8) is 0 Å². The Kier molecular flexibility index (Phi) is 3.98. The van der Waals surface area contributed by atoms with Gasteiger partial charge in [-0.15, -0.1) is 0 Å². The SMILES string of the molecule is CC(=O)N1CCCN(Cc2cnc3n2CCOC3)c2ccccc21. The first-order valence-corrected chi connectivity index (χ1v) is 8.47. The monoisotopic (exact) mass is 326 g/mol. The van der Waals surface area contributed by atoms with E-state index < -0.39 is 0 Å². The summed E-state index contributed by atoms with van der Waals surface area (Å²) in [6.45, 7) is 6.33. The van der Waals surface area contributed by atoms with Crippen LogP contribution in [0.2, 0.25) is 0 Å². The molecule has 0 saturated carbocycles. The van der Waals surface area contributed by atoms with E-state index in [1.165, 1.54) is 5.69 Å². The lowest BCUT2D eigenvalue weighted by Crippen LogP contribution is -2.28. The van der Waals surface area contributed by atoms with Gasteiger partial charge in [0.05, 0.1) is 36.4 Å². The predicted octanol–water partition coefficient (Wildman–Crippen LogP) is 2.18. The number of benzene rings is 1. The normalized spacial score (nSPS) is 17.2. The molecule has 0 spiro atoms. The Bertz CT molecular complexity index is 755. The first kappa shape index (κ1) is 15.2. The molecule has 0 atom stereocenters. The molecule has 0 N–H and O–H groups in total. The van der Waals surface area contributed by atoms with E-state index in [2.05, 4.69) is 20.5 Å². The number of anilines is 2. The third kappa shape index (κ3) is 2.67. The van der Waals surface area contributed by atoms with Crippen molar-refractivity contribution < 1.29 is 9.53 Å². The standard InChI is InChI=1S/C18H22N4O2/c1-14(23)21-8-4-7-20(16-5-2-3-6-17(16)21)12-15-11-19-18-13-24-10-9-22(15)18/h2-3,5-6,11H,4,7-10,12-13H2,1H3. The summed E-state index contributed by atoms with van der Waals surface area (Å²) in [6, 6.07) is 8.17.